The highest BCUT2D eigenvalue weighted by molar-refractivity contribution is 6.01. The molecule has 322 valence electrons. The highest BCUT2D eigenvalue weighted by Gasteiger charge is 2.32. The number of hydrogen-bond acceptors (Lipinski definition) is 14. The number of likely N-dealkylation sites (tertiary alicyclic amines) is 2. The van der Waals surface area contributed by atoms with Crippen molar-refractivity contribution in [3.05, 3.63) is 72.4 Å². The number of hydrogen-bond donors (Lipinski definition) is 4. The summed E-state index contributed by atoms with van der Waals surface area (Å²) >= 11 is 0. The van der Waals surface area contributed by atoms with Crippen LogP contribution in [0, 0.1) is 5.92 Å². The van der Waals surface area contributed by atoms with Gasteiger partial charge in [0, 0.05) is 82.0 Å². The van der Waals surface area contributed by atoms with Gasteiger partial charge in [0.25, 0.3) is 0 Å². The first-order valence-electron chi connectivity index (χ1n) is 21.7. The zero-order chi connectivity index (χ0) is 42.5. The van der Waals surface area contributed by atoms with Gasteiger partial charge in [0.05, 0.1) is 17.9 Å². The Balaban J connectivity index is 0.796. The Morgan fingerprint density at radius 1 is 0.951 bits per heavy atom. The maximum Gasteiger partial charge on any atom is 0.249 e. The van der Waals surface area contributed by atoms with Crippen LogP contribution in [0.5, 0.6) is 11.6 Å². The molecule has 6 heterocycles. The summed E-state index contributed by atoms with van der Waals surface area (Å²) in [6, 6.07) is 18.8. The van der Waals surface area contributed by atoms with E-state index in [1.165, 1.54) is 5.56 Å². The zero-order valence-electron chi connectivity index (χ0n) is 35.1. The molecule has 4 aliphatic rings. The van der Waals surface area contributed by atoms with E-state index in [2.05, 4.69) is 54.7 Å². The second-order valence-electron chi connectivity index (χ2n) is 17.1. The van der Waals surface area contributed by atoms with Gasteiger partial charge in [0.1, 0.15) is 17.9 Å². The summed E-state index contributed by atoms with van der Waals surface area (Å²) in [6.07, 6.45) is 7.82. The van der Waals surface area contributed by atoms with Crippen molar-refractivity contribution in [3.63, 3.8) is 0 Å². The molecular formula is C45H57N11O5. The fourth-order valence-electron chi connectivity index (χ4n) is 9.17. The number of anilines is 4. The molecule has 3 amide bonds. The maximum absolute atomic E-state index is 13.4. The normalized spacial score (nSPS) is 22.0. The average Bonchev–Trinajstić information content (AvgIpc) is 3.45. The molecule has 2 aromatic carbocycles. The second-order valence-corrected chi connectivity index (χ2v) is 17.1. The monoisotopic (exact) mass is 831 g/mol. The van der Waals surface area contributed by atoms with Gasteiger partial charge in [0.2, 0.25) is 29.5 Å². The van der Waals surface area contributed by atoms with E-state index in [0.717, 1.165) is 69.5 Å². The minimum absolute atomic E-state index is 0.0338. The number of rotatable bonds is 11. The first-order chi connectivity index (χ1) is 29.6. The highest BCUT2D eigenvalue weighted by atomic mass is 16.5. The first kappa shape index (κ1) is 41.7. The van der Waals surface area contributed by atoms with Crippen LogP contribution >= 0.6 is 0 Å². The lowest BCUT2D eigenvalue weighted by Crippen LogP contribution is -2.51. The van der Waals surface area contributed by atoms with Crippen LogP contribution in [0.3, 0.4) is 0 Å². The van der Waals surface area contributed by atoms with Crippen LogP contribution in [0.25, 0.3) is 11.3 Å². The molecule has 8 rings (SSSR count). The van der Waals surface area contributed by atoms with E-state index in [0.29, 0.717) is 79.8 Å². The van der Waals surface area contributed by atoms with E-state index < -0.39 is 0 Å². The summed E-state index contributed by atoms with van der Waals surface area (Å²) < 4.78 is 6.36. The van der Waals surface area contributed by atoms with Crippen LogP contribution in [-0.4, -0.2) is 124 Å². The number of aromatic hydroxyl groups is 1. The van der Waals surface area contributed by atoms with Gasteiger partial charge in [-0.25, -0.2) is 4.98 Å². The third-order valence-electron chi connectivity index (χ3n) is 12.7. The first-order valence-corrected chi connectivity index (χ1v) is 21.7. The summed E-state index contributed by atoms with van der Waals surface area (Å²) in [4.78, 5) is 55.2. The number of para-hydroxylation sites is 1. The summed E-state index contributed by atoms with van der Waals surface area (Å²) in [5.74, 6) is 1.97. The molecule has 0 aliphatic carbocycles. The smallest absolute Gasteiger partial charge is 0.249 e. The number of ether oxygens (including phenoxy) is 1. The summed E-state index contributed by atoms with van der Waals surface area (Å²) in [6.45, 7) is 7.06. The molecule has 0 unspecified atom stereocenters. The number of imide groups is 1. The molecular weight excluding hydrogens is 775 g/mol. The zero-order valence-corrected chi connectivity index (χ0v) is 35.1. The predicted octanol–water partition coefficient (Wildman–Crippen LogP) is 4.43. The molecule has 4 aromatic rings. The largest absolute Gasteiger partial charge is 0.507 e. The Bertz CT molecular complexity index is 2190. The van der Waals surface area contributed by atoms with Crippen LogP contribution in [0.2, 0.25) is 0 Å². The van der Waals surface area contributed by atoms with Gasteiger partial charge in [-0.1, -0.05) is 31.2 Å². The maximum atomic E-state index is 13.4. The van der Waals surface area contributed by atoms with Gasteiger partial charge in [0.15, 0.2) is 5.82 Å². The van der Waals surface area contributed by atoms with Crippen molar-refractivity contribution in [2.45, 2.75) is 82.4 Å². The van der Waals surface area contributed by atoms with Crippen LogP contribution in [0.4, 0.5) is 23.1 Å². The van der Waals surface area contributed by atoms with E-state index in [1.807, 2.05) is 47.2 Å². The number of carbonyl (C=O) groups excluding carboxylic acids is 3. The number of nitrogens with two attached hydrogens (primary N) is 1. The summed E-state index contributed by atoms with van der Waals surface area (Å²) in [5, 5.41) is 25.0. The molecule has 16 nitrogen and oxygen atoms in total. The van der Waals surface area contributed by atoms with Gasteiger partial charge in [-0.15, -0.1) is 10.2 Å². The topological polar surface area (TPSA) is 195 Å². The molecule has 3 atom stereocenters. The Morgan fingerprint density at radius 2 is 1.75 bits per heavy atom. The molecule has 16 heteroatoms. The van der Waals surface area contributed by atoms with Crippen LogP contribution < -0.4 is 30.9 Å². The predicted molar refractivity (Wildman–Crippen MR) is 233 cm³/mol. The molecule has 0 radical (unpaired) electrons. The number of amides is 3. The highest BCUT2D eigenvalue weighted by Crippen LogP contribution is 2.34. The van der Waals surface area contributed by atoms with Crippen molar-refractivity contribution in [1.82, 2.24) is 35.3 Å². The van der Waals surface area contributed by atoms with Crippen molar-refractivity contribution >= 4 is 40.9 Å². The van der Waals surface area contributed by atoms with E-state index in [1.54, 1.807) is 24.4 Å². The van der Waals surface area contributed by atoms with Gasteiger partial charge >= 0.3 is 0 Å². The lowest BCUT2D eigenvalue weighted by molar-refractivity contribution is -0.135. The van der Waals surface area contributed by atoms with E-state index in [9.17, 15) is 19.5 Å². The average molecular weight is 832 g/mol. The summed E-state index contributed by atoms with van der Waals surface area (Å²) in [5.41, 5.74) is 10.5. The number of piperidine rings is 3. The van der Waals surface area contributed by atoms with Crippen LogP contribution in [-0.2, 0) is 14.4 Å². The fraction of sp³-hybridized carbons (Fsp3) is 0.489. The number of aromatic nitrogens is 4. The van der Waals surface area contributed by atoms with E-state index >= 15 is 0 Å². The molecule has 0 spiro atoms. The number of nitrogen functional groups attached to an aromatic ring is 1. The number of likely N-dealkylation sites (N-methyl/N-ethyl adjacent to an activating group) is 1. The van der Waals surface area contributed by atoms with Gasteiger partial charge in [-0.3, -0.25) is 24.6 Å². The van der Waals surface area contributed by atoms with E-state index in [-0.39, 0.29) is 41.7 Å². The SMILES string of the molecule is C[C@H]1CC[C@@H](Nc2nccc(OC3CCN(C(=O)CN4CCC(c5cccc(N(C)[C@H]6CCC(=O)NC6=O)c5)CC4)CC3)n2)CN(c2cc(-c3ccccc3O)nnc2N)C1. The van der Waals surface area contributed by atoms with Gasteiger partial charge < -0.3 is 35.6 Å². The Kier molecular flexibility index (Phi) is 12.8. The number of phenolic OH excluding ortho intramolecular Hbond substituents is 1. The van der Waals surface area contributed by atoms with Gasteiger partial charge in [-0.05, 0) is 92.9 Å². The molecule has 4 aliphatic heterocycles. The van der Waals surface area contributed by atoms with Crippen molar-refractivity contribution < 1.29 is 24.2 Å². The third-order valence-corrected chi connectivity index (χ3v) is 12.7. The number of phenols is 1. The van der Waals surface area contributed by atoms with Crippen molar-refractivity contribution in [3.8, 4) is 22.9 Å². The number of nitrogens with zero attached hydrogens (tertiary/aromatic N) is 8. The quantitative estimate of drug-likeness (QED) is 0.155. The minimum atomic E-state index is -0.360. The van der Waals surface area contributed by atoms with E-state index in [4.69, 9.17) is 15.5 Å². The standard InChI is InChI=1S/C45H57N11O5/c1-29-10-11-32(27-56(26-29)38-25-36(51-52-43(38)46)35-8-3-4-9-39(35)57)48-45-47-19-14-41(50-45)61-34-17-22-55(23-18-34)42(59)28-54-20-15-30(16-21-54)31-6-5-7-33(24-31)53(2)37-12-13-40(58)49-44(37)60/h3-9,14,19,24-25,29-30,32,34,37,57H,10-13,15-18,20-23,26-28H2,1-2H3,(H2,46,52)(H,47,48,50)(H,49,58,60)/t29-,32+,37-/m0/s1. The fourth-order valence-corrected chi connectivity index (χ4v) is 9.17. The minimum Gasteiger partial charge on any atom is -0.507 e. The lowest BCUT2D eigenvalue weighted by Gasteiger charge is -2.36. The lowest BCUT2D eigenvalue weighted by atomic mass is 9.89. The molecule has 2 aromatic heterocycles. The molecule has 0 saturated carbocycles. The number of nitrogens with one attached hydrogen (secondary N) is 2. The molecule has 4 saturated heterocycles. The summed E-state index contributed by atoms with van der Waals surface area (Å²) in [7, 11) is 1.91. The molecule has 4 fully saturated rings. The number of benzene rings is 2. The molecule has 5 N–H and O–H groups in total. The number of carbonyl (C=O) groups is 3. The van der Waals surface area contributed by atoms with Gasteiger partial charge in [-0.2, -0.15) is 4.98 Å². The van der Waals surface area contributed by atoms with Crippen molar-refractivity contribution in [1.29, 1.82) is 0 Å². The van der Waals surface area contributed by atoms with Crippen molar-refractivity contribution in [2.24, 2.45) is 5.92 Å². The van der Waals surface area contributed by atoms with Crippen LogP contribution in [0.15, 0.2) is 66.9 Å². The van der Waals surface area contributed by atoms with Crippen molar-refractivity contribution in [2.75, 3.05) is 73.7 Å². The molecule has 61 heavy (non-hydrogen) atoms. The second kappa shape index (κ2) is 18.7. The molecule has 0 bridgehead atoms. The third kappa shape index (κ3) is 10.1. The Labute approximate surface area is 356 Å². The Morgan fingerprint density at radius 3 is 2.54 bits per heavy atom. The Hall–Kier alpha value is -6.03. The van der Waals surface area contributed by atoms with Crippen LogP contribution in [0.1, 0.15) is 69.8 Å².